The van der Waals surface area contributed by atoms with Gasteiger partial charge in [0.2, 0.25) is 0 Å². The first-order valence-electron chi connectivity index (χ1n) is 7.64. The molecular weight excluding hydrogens is 262 g/mol. The van der Waals surface area contributed by atoms with Gasteiger partial charge in [0.1, 0.15) is 5.82 Å². The highest BCUT2D eigenvalue weighted by atomic mass is 16.3. The van der Waals surface area contributed by atoms with Crippen LogP contribution in [-0.2, 0) is 19.4 Å². The Bertz CT molecular complexity index is 608. The quantitative estimate of drug-likeness (QED) is 0.919. The van der Waals surface area contributed by atoms with Crippen molar-refractivity contribution in [3.63, 3.8) is 0 Å². The summed E-state index contributed by atoms with van der Waals surface area (Å²) in [5, 5.41) is 15.1. The minimum atomic E-state index is -0.553. The van der Waals surface area contributed by atoms with E-state index in [0.717, 1.165) is 41.2 Å². The predicted octanol–water partition coefficient (Wildman–Crippen LogP) is 3.06. The van der Waals surface area contributed by atoms with Crippen LogP contribution in [0.3, 0.4) is 0 Å². The number of rotatable bonds is 5. The smallest absolute Gasteiger partial charge is 0.150 e. The van der Waals surface area contributed by atoms with Gasteiger partial charge in [-0.25, -0.2) is 9.67 Å². The molecule has 114 valence electrons. The van der Waals surface area contributed by atoms with Crippen LogP contribution in [-0.4, -0.2) is 19.9 Å². The Kier molecular flexibility index (Phi) is 4.78. The number of aliphatic hydroxyl groups is 1. The monoisotopic (exact) mass is 287 g/mol. The molecule has 0 radical (unpaired) electrons. The molecule has 4 heteroatoms. The third-order valence-corrected chi connectivity index (χ3v) is 3.84. The molecule has 0 spiro atoms. The highest BCUT2D eigenvalue weighted by Crippen LogP contribution is 2.25. The predicted molar refractivity (Wildman–Crippen MR) is 84.4 cm³/mol. The second-order valence-electron chi connectivity index (χ2n) is 5.66. The highest BCUT2D eigenvalue weighted by Gasteiger charge is 2.17. The van der Waals surface area contributed by atoms with Crippen molar-refractivity contribution in [1.29, 1.82) is 0 Å². The largest absolute Gasteiger partial charge is 0.386 e. The van der Waals surface area contributed by atoms with Gasteiger partial charge in [-0.2, -0.15) is 5.10 Å². The number of hydrogen-bond donors (Lipinski definition) is 1. The summed E-state index contributed by atoms with van der Waals surface area (Å²) in [5.41, 5.74) is 4.50. The molecule has 1 aromatic heterocycles. The van der Waals surface area contributed by atoms with E-state index < -0.39 is 6.10 Å². The van der Waals surface area contributed by atoms with Crippen LogP contribution in [0.1, 0.15) is 53.9 Å². The van der Waals surface area contributed by atoms with Gasteiger partial charge >= 0.3 is 0 Å². The van der Waals surface area contributed by atoms with Crippen LogP contribution in [0.2, 0.25) is 0 Å². The Balaban J connectivity index is 2.30. The molecule has 1 heterocycles. The van der Waals surface area contributed by atoms with E-state index in [-0.39, 0.29) is 0 Å². The highest BCUT2D eigenvalue weighted by molar-refractivity contribution is 5.38. The lowest BCUT2D eigenvalue weighted by Gasteiger charge is -2.18. The minimum Gasteiger partial charge on any atom is -0.386 e. The van der Waals surface area contributed by atoms with Crippen molar-refractivity contribution in [2.75, 3.05) is 0 Å². The van der Waals surface area contributed by atoms with E-state index >= 15 is 0 Å². The first kappa shape index (κ1) is 15.7. The lowest BCUT2D eigenvalue weighted by molar-refractivity contribution is 0.148. The van der Waals surface area contributed by atoms with Crippen LogP contribution in [0.15, 0.2) is 12.1 Å². The Labute approximate surface area is 126 Å². The molecular formula is C17H25N3O. The second-order valence-corrected chi connectivity index (χ2v) is 5.66. The SMILES string of the molecule is CCc1nc(CC)n(CC(O)c2c(C)cc(C)cc2C)n1. The van der Waals surface area contributed by atoms with E-state index in [4.69, 9.17) is 0 Å². The molecule has 4 nitrogen and oxygen atoms in total. The molecule has 0 aliphatic heterocycles. The fraction of sp³-hybridized carbons (Fsp3) is 0.529. The molecule has 21 heavy (non-hydrogen) atoms. The van der Waals surface area contributed by atoms with Crippen molar-refractivity contribution < 1.29 is 5.11 Å². The Hall–Kier alpha value is -1.68. The van der Waals surface area contributed by atoms with E-state index in [1.807, 2.05) is 11.6 Å². The molecule has 0 saturated heterocycles. The van der Waals surface area contributed by atoms with Gasteiger partial charge in [0, 0.05) is 12.8 Å². The van der Waals surface area contributed by atoms with Gasteiger partial charge in [0.05, 0.1) is 12.6 Å². The van der Waals surface area contributed by atoms with Gasteiger partial charge in [-0.3, -0.25) is 0 Å². The van der Waals surface area contributed by atoms with Crippen molar-refractivity contribution >= 4 is 0 Å². The van der Waals surface area contributed by atoms with Crippen LogP contribution in [0, 0.1) is 20.8 Å². The normalized spacial score (nSPS) is 12.7. The van der Waals surface area contributed by atoms with E-state index in [1.54, 1.807) is 0 Å². The zero-order valence-electron chi connectivity index (χ0n) is 13.6. The average molecular weight is 287 g/mol. The maximum atomic E-state index is 10.6. The van der Waals surface area contributed by atoms with Gasteiger partial charge in [0.15, 0.2) is 5.82 Å². The molecule has 0 saturated carbocycles. The van der Waals surface area contributed by atoms with E-state index in [2.05, 4.69) is 49.9 Å². The summed E-state index contributed by atoms with van der Waals surface area (Å²) >= 11 is 0. The van der Waals surface area contributed by atoms with Crippen molar-refractivity contribution in [2.24, 2.45) is 0 Å². The molecule has 0 fully saturated rings. The molecule has 2 aromatic rings. The summed E-state index contributed by atoms with van der Waals surface area (Å²) in [6.45, 7) is 10.8. The van der Waals surface area contributed by atoms with E-state index in [0.29, 0.717) is 6.54 Å². The lowest BCUT2D eigenvalue weighted by Crippen LogP contribution is -2.15. The van der Waals surface area contributed by atoms with Gasteiger partial charge < -0.3 is 5.11 Å². The first-order valence-corrected chi connectivity index (χ1v) is 7.64. The van der Waals surface area contributed by atoms with Crippen LogP contribution in [0.5, 0.6) is 0 Å². The maximum absolute atomic E-state index is 10.6. The second kappa shape index (κ2) is 6.39. The molecule has 0 aliphatic rings. The van der Waals surface area contributed by atoms with Crippen molar-refractivity contribution in [3.05, 3.63) is 46.0 Å². The molecule has 1 N–H and O–H groups in total. The van der Waals surface area contributed by atoms with Gasteiger partial charge in [-0.15, -0.1) is 0 Å². The minimum absolute atomic E-state index is 0.459. The lowest BCUT2D eigenvalue weighted by atomic mass is 9.95. The van der Waals surface area contributed by atoms with Crippen molar-refractivity contribution in [1.82, 2.24) is 14.8 Å². The zero-order valence-corrected chi connectivity index (χ0v) is 13.6. The van der Waals surface area contributed by atoms with Gasteiger partial charge in [-0.1, -0.05) is 31.5 Å². The molecule has 2 rings (SSSR count). The Morgan fingerprint density at radius 3 is 2.24 bits per heavy atom. The van der Waals surface area contributed by atoms with Gasteiger partial charge in [-0.05, 0) is 37.5 Å². The average Bonchev–Trinajstić information content (AvgIpc) is 2.79. The first-order chi connectivity index (χ1) is 9.96. The fourth-order valence-electron chi connectivity index (χ4n) is 2.96. The van der Waals surface area contributed by atoms with Crippen molar-refractivity contribution in [2.45, 2.75) is 60.1 Å². The van der Waals surface area contributed by atoms with Crippen LogP contribution in [0.4, 0.5) is 0 Å². The summed E-state index contributed by atoms with van der Waals surface area (Å²) < 4.78 is 1.85. The third kappa shape index (κ3) is 3.32. The van der Waals surface area contributed by atoms with Crippen molar-refractivity contribution in [3.8, 4) is 0 Å². The topological polar surface area (TPSA) is 50.9 Å². The summed E-state index contributed by atoms with van der Waals surface area (Å²) in [7, 11) is 0. The summed E-state index contributed by atoms with van der Waals surface area (Å²) in [5.74, 6) is 1.78. The summed E-state index contributed by atoms with van der Waals surface area (Å²) in [6, 6.07) is 4.23. The van der Waals surface area contributed by atoms with Crippen LogP contribution < -0.4 is 0 Å². The number of hydrogen-bond acceptors (Lipinski definition) is 3. The molecule has 0 bridgehead atoms. The van der Waals surface area contributed by atoms with E-state index in [1.165, 1.54) is 5.56 Å². The number of benzene rings is 1. The Morgan fingerprint density at radius 2 is 1.71 bits per heavy atom. The Morgan fingerprint density at radius 1 is 1.10 bits per heavy atom. The molecule has 0 amide bonds. The van der Waals surface area contributed by atoms with Crippen LogP contribution >= 0.6 is 0 Å². The summed E-state index contributed by atoms with van der Waals surface area (Å²) in [4.78, 5) is 4.49. The molecule has 1 aromatic carbocycles. The molecule has 1 unspecified atom stereocenters. The van der Waals surface area contributed by atoms with Crippen LogP contribution in [0.25, 0.3) is 0 Å². The third-order valence-electron chi connectivity index (χ3n) is 3.84. The standard InChI is InChI=1S/C17H25N3O/c1-6-15-18-16(7-2)20(19-15)10-14(21)17-12(4)8-11(3)9-13(17)5/h8-9,14,21H,6-7,10H2,1-5H3. The number of aliphatic hydroxyl groups excluding tert-OH is 1. The number of nitrogens with zero attached hydrogens (tertiary/aromatic N) is 3. The molecule has 0 aliphatic carbocycles. The fourth-order valence-corrected chi connectivity index (χ4v) is 2.96. The number of aryl methyl sites for hydroxylation is 5. The van der Waals surface area contributed by atoms with Gasteiger partial charge in [0.25, 0.3) is 0 Å². The zero-order chi connectivity index (χ0) is 15.6. The van der Waals surface area contributed by atoms with E-state index in [9.17, 15) is 5.11 Å². The summed E-state index contributed by atoms with van der Waals surface area (Å²) in [6.07, 6.45) is 1.09. The molecule has 1 atom stereocenters. The maximum Gasteiger partial charge on any atom is 0.150 e. The number of aromatic nitrogens is 3.